The van der Waals surface area contributed by atoms with Crippen molar-refractivity contribution in [1.29, 1.82) is 0 Å². The molecule has 0 radical (unpaired) electrons. The van der Waals surface area contributed by atoms with Crippen LogP contribution < -0.4 is 10.6 Å². The number of nitrogens with one attached hydrogen (secondary N) is 2. The first kappa shape index (κ1) is 23.3. The van der Waals surface area contributed by atoms with Gasteiger partial charge in [-0.1, -0.05) is 11.6 Å². The molecule has 4 rings (SSSR count). The highest BCUT2D eigenvalue weighted by Crippen LogP contribution is 2.33. The minimum Gasteiger partial charge on any atom is -0.353 e. The monoisotopic (exact) mass is 489 g/mol. The van der Waals surface area contributed by atoms with E-state index >= 15 is 0 Å². The van der Waals surface area contributed by atoms with Gasteiger partial charge in [0.15, 0.2) is 0 Å². The van der Waals surface area contributed by atoms with E-state index in [1.165, 1.54) is 11.3 Å². The second-order valence-corrected chi connectivity index (χ2v) is 9.90. The Kier molecular flexibility index (Phi) is 6.92. The lowest BCUT2D eigenvalue weighted by molar-refractivity contribution is -0.351. The zero-order valence-electron chi connectivity index (χ0n) is 17.1. The summed E-state index contributed by atoms with van der Waals surface area (Å²) in [5.41, 5.74) is 0.807. The molecule has 1 heterocycles. The van der Waals surface area contributed by atoms with Crippen molar-refractivity contribution >= 4 is 45.0 Å². The second kappa shape index (κ2) is 9.52. The van der Waals surface area contributed by atoms with E-state index in [4.69, 9.17) is 11.6 Å². The number of thiazole rings is 1. The van der Waals surface area contributed by atoms with Gasteiger partial charge in [-0.15, -0.1) is 24.5 Å². The number of carbonyl (C=O) groups excluding carboxylic acids is 2. The van der Waals surface area contributed by atoms with Crippen LogP contribution in [-0.4, -0.2) is 35.3 Å². The van der Waals surface area contributed by atoms with E-state index in [-0.39, 0.29) is 42.5 Å². The zero-order valence-corrected chi connectivity index (χ0v) is 18.7. The molecule has 2 amide bonds. The third-order valence-corrected chi connectivity index (χ3v) is 7.29. The van der Waals surface area contributed by atoms with Crippen LogP contribution in [0.4, 0.5) is 13.2 Å². The highest BCUT2D eigenvalue weighted by molar-refractivity contribution is 7.18. The number of aromatic nitrogens is 1. The molecule has 2 N–H and O–H groups in total. The number of benzene rings is 1. The number of fused-ring (bicyclic) bond motifs is 1. The van der Waals surface area contributed by atoms with Crippen molar-refractivity contribution in [1.82, 2.24) is 15.6 Å². The number of alkyl halides is 3. The zero-order chi connectivity index (χ0) is 22.9. The lowest BCUT2D eigenvalue weighted by atomic mass is 9.80. The summed E-state index contributed by atoms with van der Waals surface area (Å²) in [6, 6.07) is 5.22. The van der Waals surface area contributed by atoms with E-state index in [0.717, 1.165) is 15.2 Å². The van der Waals surface area contributed by atoms with Crippen LogP contribution in [0.15, 0.2) is 18.2 Å². The van der Waals surface area contributed by atoms with Crippen molar-refractivity contribution in [2.75, 3.05) is 0 Å². The van der Waals surface area contributed by atoms with Crippen molar-refractivity contribution in [2.24, 2.45) is 11.8 Å². The summed E-state index contributed by atoms with van der Waals surface area (Å²) in [7, 11) is 0. The molecule has 2 aliphatic rings. The quantitative estimate of drug-likeness (QED) is 0.623. The SMILES string of the molecule is O=C(NCc1nc2cc(Cl)ccc2s1)C1CCC(C(=O)NC2CC(OC(F)(F)F)C2)CC1. The molecule has 0 aliphatic heterocycles. The largest absolute Gasteiger partial charge is 0.522 e. The van der Waals surface area contributed by atoms with Gasteiger partial charge in [-0.2, -0.15) is 0 Å². The maximum Gasteiger partial charge on any atom is 0.522 e. The van der Waals surface area contributed by atoms with E-state index in [9.17, 15) is 22.8 Å². The third kappa shape index (κ3) is 5.90. The van der Waals surface area contributed by atoms with E-state index in [1.807, 2.05) is 6.07 Å². The Hall–Kier alpha value is -1.91. The molecule has 0 saturated heterocycles. The first-order chi connectivity index (χ1) is 15.2. The predicted octanol–water partition coefficient (Wildman–Crippen LogP) is 4.56. The number of hydrogen-bond donors (Lipinski definition) is 2. The van der Waals surface area contributed by atoms with Gasteiger partial charge in [0.2, 0.25) is 11.8 Å². The normalized spacial score (nSPS) is 25.9. The Morgan fingerprint density at radius 1 is 1.12 bits per heavy atom. The fraction of sp³-hybridized carbons (Fsp3) is 0.571. The van der Waals surface area contributed by atoms with Crippen LogP contribution in [0, 0.1) is 11.8 Å². The van der Waals surface area contributed by atoms with Gasteiger partial charge in [0.25, 0.3) is 0 Å². The van der Waals surface area contributed by atoms with Crippen molar-refractivity contribution in [3.8, 4) is 0 Å². The highest BCUT2D eigenvalue weighted by Gasteiger charge is 2.41. The Labute approximate surface area is 191 Å². The van der Waals surface area contributed by atoms with Gasteiger partial charge in [-0.3, -0.25) is 14.3 Å². The number of carbonyl (C=O) groups is 2. The molecule has 2 fully saturated rings. The van der Waals surface area contributed by atoms with Gasteiger partial charge < -0.3 is 10.6 Å². The molecule has 0 bridgehead atoms. The number of halogens is 4. The maximum atomic E-state index is 12.5. The summed E-state index contributed by atoms with van der Waals surface area (Å²) in [5, 5.41) is 7.16. The lowest BCUT2D eigenvalue weighted by Gasteiger charge is -2.37. The summed E-state index contributed by atoms with van der Waals surface area (Å²) in [5.74, 6) is -0.563. The number of amides is 2. The van der Waals surface area contributed by atoms with Crippen molar-refractivity contribution in [3.63, 3.8) is 0 Å². The summed E-state index contributed by atoms with van der Waals surface area (Å²) in [4.78, 5) is 29.4. The number of nitrogens with zero attached hydrogens (tertiary/aromatic N) is 1. The van der Waals surface area contributed by atoms with Crippen LogP contribution in [0.3, 0.4) is 0 Å². The molecule has 1 aromatic carbocycles. The van der Waals surface area contributed by atoms with E-state index in [0.29, 0.717) is 37.3 Å². The molecule has 2 aromatic rings. The number of hydrogen-bond acceptors (Lipinski definition) is 5. The molecular formula is C21H23ClF3N3O3S. The van der Waals surface area contributed by atoms with Gasteiger partial charge in [-0.05, 0) is 56.7 Å². The van der Waals surface area contributed by atoms with Gasteiger partial charge in [0.1, 0.15) is 5.01 Å². The van der Waals surface area contributed by atoms with Gasteiger partial charge >= 0.3 is 6.36 Å². The van der Waals surface area contributed by atoms with E-state index < -0.39 is 12.5 Å². The molecule has 0 unspecified atom stereocenters. The van der Waals surface area contributed by atoms with Crippen molar-refractivity contribution in [3.05, 3.63) is 28.2 Å². The van der Waals surface area contributed by atoms with Crippen molar-refractivity contribution in [2.45, 2.75) is 63.6 Å². The molecule has 2 aliphatic carbocycles. The molecule has 0 atom stereocenters. The molecule has 6 nitrogen and oxygen atoms in total. The van der Waals surface area contributed by atoms with Crippen LogP contribution in [0.5, 0.6) is 0 Å². The summed E-state index contributed by atoms with van der Waals surface area (Å²) in [6.45, 7) is 0.346. The second-order valence-electron chi connectivity index (χ2n) is 8.35. The smallest absolute Gasteiger partial charge is 0.353 e. The van der Waals surface area contributed by atoms with Crippen LogP contribution in [0.2, 0.25) is 5.02 Å². The fourth-order valence-corrected chi connectivity index (χ4v) is 5.29. The van der Waals surface area contributed by atoms with Crippen LogP contribution in [0.25, 0.3) is 10.2 Å². The Morgan fingerprint density at radius 2 is 1.78 bits per heavy atom. The van der Waals surface area contributed by atoms with E-state index in [2.05, 4.69) is 20.4 Å². The average molecular weight is 490 g/mol. The first-order valence-electron chi connectivity index (χ1n) is 10.5. The van der Waals surface area contributed by atoms with E-state index in [1.54, 1.807) is 12.1 Å². The van der Waals surface area contributed by atoms with Crippen LogP contribution in [0.1, 0.15) is 43.5 Å². The van der Waals surface area contributed by atoms with Gasteiger partial charge in [-0.25, -0.2) is 4.98 Å². The molecule has 1 aromatic heterocycles. The number of rotatable bonds is 6. The summed E-state index contributed by atoms with van der Waals surface area (Å²) in [6.07, 6.45) is -2.82. The summed E-state index contributed by atoms with van der Waals surface area (Å²) < 4.78 is 41.5. The molecule has 11 heteroatoms. The third-order valence-electron chi connectivity index (χ3n) is 6.02. The Bertz CT molecular complexity index is 986. The summed E-state index contributed by atoms with van der Waals surface area (Å²) >= 11 is 7.49. The predicted molar refractivity (Wildman–Crippen MR) is 114 cm³/mol. The number of ether oxygens (including phenoxy) is 1. The van der Waals surface area contributed by atoms with Crippen molar-refractivity contribution < 1.29 is 27.5 Å². The maximum absolute atomic E-state index is 12.5. The Balaban J connectivity index is 1.17. The van der Waals surface area contributed by atoms with Gasteiger partial charge in [0.05, 0.1) is 22.9 Å². The topological polar surface area (TPSA) is 80.3 Å². The minimum atomic E-state index is -4.64. The molecule has 2 saturated carbocycles. The minimum absolute atomic E-state index is 0.0488. The molecule has 32 heavy (non-hydrogen) atoms. The molecule has 174 valence electrons. The molecular weight excluding hydrogens is 467 g/mol. The fourth-order valence-electron chi connectivity index (χ4n) is 4.24. The highest BCUT2D eigenvalue weighted by atomic mass is 35.5. The molecule has 0 spiro atoms. The van der Waals surface area contributed by atoms with Crippen LogP contribution in [-0.2, 0) is 20.9 Å². The lowest BCUT2D eigenvalue weighted by Crippen LogP contribution is -2.51. The Morgan fingerprint density at radius 3 is 2.44 bits per heavy atom. The first-order valence-corrected chi connectivity index (χ1v) is 11.7. The standard InChI is InChI=1S/C21H23ClF3N3O3S/c22-13-5-6-17-16(7-13)28-18(32-17)10-26-19(29)11-1-3-12(4-2-11)20(30)27-14-8-15(9-14)31-21(23,24)25/h5-7,11-12,14-15H,1-4,8-10H2,(H,26,29)(H,27,30). The van der Waals surface area contributed by atoms with Gasteiger partial charge in [0, 0.05) is 22.9 Å². The van der Waals surface area contributed by atoms with Crippen LogP contribution >= 0.6 is 22.9 Å². The average Bonchev–Trinajstić information content (AvgIpc) is 3.11.